The Hall–Kier alpha value is -0.260. The molecule has 0 bridgehead atoms. The Morgan fingerprint density at radius 2 is 1.77 bits per heavy atom. The summed E-state index contributed by atoms with van der Waals surface area (Å²) in [6.07, 6.45) is 7.54. The van der Waals surface area contributed by atoms with Crippen molar-refractivity contribution in [1.82, 2.24) is 0 Å². The fourth-order valence-electron chi connectivity index (χ4n) is 1.96. The van der Waals surface area contributed by atoms with E-state index in [1.807, 2.05) is 0 Å². The second-order valence-electron chi connectivity index (χ2n) is 4.07. The van der Waals surface area contributed by atoms with Crippen molar-refractivity contribution in [1.29, 1.82) is 0 Å². The zero-order valence-electron chi connectivity index (χ0n) is 10.1. The van der Waals surface area contributed by atoms with Crippen LogP contribution in [0.4, 0.5) is 0 Å². The summed E-state index contributed by atoms with van der Waals surface area (Å²) >= 11 is 0. The molecule has 0 amide bonds. The van der Waals surface area contributed by atoms with Crippen LogP contribution in [0.25, 0.3) is 0 Å². The van der Waals surface area contributed by atoms with E-state index in [0.29, 0.717) is 0 Å². The number of rotatable bonds is 6. The van der Waals surface area contributed by atoms with Gasteiger partial charge < -0.3 is 0 Å². The van der Waals surface area contributed by atoms with Gasteiger partial charge in [-0.3, -0.25) is 0 Å². The smallest absolute Gasteiger partial charge is 0.0204 e. The van der Waals surface area contributed by atoms with E-state index in [9.17, 15) is 0 Å². The van der Waals surface area contributed by atoms with Crippen LogP contribution in [0.3, 0.4) is 0 Å². The van der Waals surface area contributed by atoms with Gasteiger partial charge in [-0.05, 0) is 38.0 Å². The van der Waals surface area contributed by atoms with Crippen LogP contribution in [-0.4, -0.2) is 0 Å². The molecular weight excluding hydrogens is 156 g/mol. The van der Waals surface area contributed by atoms with Crippen LogP contribution in [-0.2, 0) is 0 Å². The van der Waals surface area contributed by atoms with Gasteiger partial charge in [0.2, 0.25) is 0 Å². The summed E-state index contributed by atoms with van der Waals surface area (Å²) < 4.78 is 0. The highest BCUT2D eigenvalue weighted by molar-refractivity contribution is 5.04. The van der Waals surface area contributed by atoms with Crippen LogP contribution >= 0.6 is 0 Å². The molecule has 0 aliphatic rings. The van der Waals surface area contributed by atoms with Crippen molar-refractivity contribution in [3.63, 3.8) is 0 Å². The van der Waals surface area contributed by atoms with E-state index in [1.165, 1.54) is 25.7 Å². The lowest BCUT2D eigenvalue weighted by molar-refractivity contribution is 0.407. The Morgan fingerprint density at radius 1 is 1.15 bits per heavy atom. The minimum atomic E-state index is 0.838. The highest BCUT2D eigenvalue weighted by atomic mass is 14.2. The Bertz CT molecular complexity index is 144. The second kappa shape index (κ2) is 7.17. The number of allylic oxidation sites excluding steroid dienone is 2. The van der Waals surface area contributed by atoms with Gasteiger partial charge in [-0.1, -0.05) is 45.8 Å². The van der Waals surface area contributed by atoms with Crippen molar-refractivity contribution >= 4 is 0 Å². The van der Waals surface area contributed by atoms with Crippen LogP contribution in [0.1, 0.15) is 60.3 Å². The Kier molecular flexibility index (Phi) is 7.03. The fourth-order valence-corrected chi connectivity index (χ4v) is 1.96. The summed E-state index contributed by atoms with van der Waals surface area (Å²) in [4.78, 5) is 0. The van der Waals surface area contributed by atoms with E-state index in [4.69, 9.17) is 0 Å². The van der Waals surface area contributed by atoms with E-state index in [1.54, 1.807) is 5.57 Å². The van der Waals surface area contributed by atoms with E-state index >= 15 is 0 Å². The lowest BCUT2D eigenvalue weighted by atomic mass is 9.85. The first-order valence-corrected chi connectivity index (χ1v) is 5.84. The maximum absolute atomic E-state index is 2.37. The Labute approximate surface area is 84.4 Å². The first kappa shape index (κ1) is 12.7. The van der Waals surface area contributed by atoms with Crippen LogP contribution in [0, 0.1) is 11.8 Å². The third kappa shape index (κ3) is 4.50. The predicted molar refractivity (Wildman–Crippen MR) is 61.9 cm³/mol. The van der Waals surface area contributed by atoms with Crippen molar-refractivity contribution in [2.45, 2.75) is 60.3 Å². The topological polar surface area (TPSA) is 0 Å². The third-order valence-electron chi connectivity index (χ3n) is 3.18. The van der Waals surface area contributed by atoms with Crippen molar-refractivity contribution < 1.29 is 0 Å². The number of hydrogen-bond donors (Lipinski definition) is 0. The van der Waals surface area contributed by atoms with E-state index in [-0.39, 0.29) is 0 Å². The number of hydrogen-bond acceptors (Lipinski definition) is 0. The van der Waals surface area contributed by atoms with Crippen LogP contribution in [0.2, 0.25) is 0 Å². The van der Waals surface area contributed by atoms with Gasteiger partial charge in [-0.25, -0.2) is 0 Å². The molecule has 0 heteroatoms. The molecule has 0 N–H and O–H groups in total. The van der Waals surface area contributed by atoms with Gasteiger partial charge in [-0.2, -0.15) is 0 Å². The van der Waals surface area contributed by atoms with Crippen LogP contribution < -0.4 is 0 Å². The molecule has 2 unspecified atom stereocenters. The molecule has 0 aliphatic heterocycles. The van der Waals surface area contributed by atoms with Gasteiger partial charge in [0.15, 0.2) is 0 Å². The molecule has 0 spiro atoms. The van der Waals surface area contributed by atoms with Crippen LogP contribution in [0.5, 0.6) is 0 Å². The van der Waals surface area contributed by atoms with E-state index < -0.39 is 0 Å². The van der Waals surface area contributed by atoms with Crippen LogP contribution in [0.15, 0.2) is 11.6 Å². The second-order valence-corrected chi connectivity index (χ2v) is 4.07. The summed E-state index contributed by atoms with van der Waals surface area (Å²) in [6, 6.07) is 0. The summed E-state index contributed by atoms with van der Waals surface area (Å²) in [5.74, 6) is 1.72. The zero-order valence-corrected chi connectivity index (χ0v) is 10.1. The quantitative estimate of drug-likeness (QED) is 0.517. The highest BCUT2D eigenvalue weighted by Crippen LogP contribution is 2.26. The van der Waals surface area contributed by atoms with E-state index in [2.05, 4.69) is 40.7 Å². The average Bonchev–Trinajstić information content (AvgIpc) is 2.17. The van der Waals surface area contributed by atoms with Gasteiger partial charge in [-0.15, -0.1) is 0 Å². The molecular formula is C13H26. The van der Waals surface area contributed by atoms with E-state index in [0.717, 1.165) is 11.8 Å². The van der Waals surface area contributed by atoms with Gasteiger partial charge in [0, 0.05) is 0 Å². The Balaban J connectivity index is 4.16. The first-order valence-electron chi connectivity index (χ1n) is 5.84. The lowest BCUT2D eigenvalue weighted by Crippen LogP contribution is -2.07. The van der Waals surface area contributed by atoms with Gasteiger partial charge >= 0.3 is 0 Å². The molecule has 0 nitrogen and oxygen atoms in total. The molecule has 0 aliphatic carbocycles. The molecule has 0 radical (unpaired) electrons. The molecule has 0 saturated carbocycles. The third-order valence-corrected chi connectivity index (χ3v) is 3.18. The zero-order chi connectivity index (χ0) is 10.3. The standard InChI is InChI=1S/C13H26/c1-6-11(5)10-13(9-4)12(7-2)8-3/h7,11,13H,6,8-10H2,1-5H3. The first-order chi connectivity index (χ1) is 6.19. The molecule has 0 fully saturated rings. The van der Waals surface area contributed by atoms with Gasteiger partial charge in [0.05, 0.1) is 0 Å². The maximum Gasteiger partial charge on any atom is -0.0204 e. The summed E-state index contributed by atoms with van der Waals surface area (Å²) in [5, 5.41) is 0. The van der Waals surface area contributed by atoms with Gasteiger partial charge in [0.1, 0.15) is 0 Å². The predicted octanol–water partition coefficient (Wildman–Crippen LogP) is 4.81. The SMILES string of the molecule is CC=C(CC)C(CC)CC(C)CC. The Morgan fingerprint density at radius 3 is 2.08 bits per heavy atom. The lowest BCUT2D eigenvalue weighted by Gasteiger charge is -2.21. The maximum atomic E-state index is 2.37. The monoisotopic (exact) mass is 182 g/mol. The van der Waals surface area contributed by atoms with Crippen molar-refractivity contribution in [2.75, 3.05) is 0 Å². The summed E-state index contributed by atoms with van der Waals surface area (Å²) in [7, 11) is 0. The molecule has 0 aromatic heterocycles. The normalized spacial score (nSPS) is 17.2. The molecule has 13 heavy (non-hydrogen) atoms. The highest BCUT2D eigenvalue weighted by Gasteiger charge is 2.12. The molecule has 2 atom stereocenters. The van der Waals surface area contributed by atoms with Crippen molar-refractivity contribution in [3.05, 3.63) is 11.6 Å². The van der Waals surface area contributed by atoms with Crippen molar-refractivity contribution in [2.24, 2.45) is 11.8 Å². The molecule has 0 heterocycles. The average molecular weight is 182 g/mol. The molecule has 0 rings (SSSR count). The molecule has 78 valence electrons. The molecule has 0 aromatic rings. The fraction of sp³-hybridized carbons (Fsp3) is 0.846. The summed E-state index contributed by atoms with van der Waals surface area (Å²) in [5.41, 5.74) is 1.66. The molecule has 0 saturated heterocycles. The molecule has 0 aromatic carbocycles. The largest absolute Gasteiger partial charge is 0.0882 e. The minimum absolute atomic E-state index is 0.838. The van der Waals surface area contributed by atoms with Gasteiger partial charge in [0.25, 0.3) is 0 Å². The summed E-state index contributed by atoms with van der Waals surface area (Å²) in [6.45, 7) is 11.4. The minimum Gasteiger partial charge on any atom is -0.0882 e. The van der Waals surface area contributed by atoms with Crippen molar-refractivity contribution in [3.8, 4) is 0 Å².